The van der Waals surface area contributed by atoms with Gasteiger partial charge in [-0.1, -0.05) is 45.2 Å². The molecule has 0 aliphatic rings. The molecule has 0 saturated heterocycles. The van der Waals surface area contributed by atoms with Gasteiger partial charge in [0.1, 0.15) is 0 Å². The molecule has 0 saturated carbocycles. The fourth-order valence-corrected chi connectivity index (χ4v) is 4.41. The first-order valence-electron chi connectivity index (χ1n) is 9.63. The van der Waals surface area contributed by atoms with Gasteiger partial charge in [0.05, 0.1) is 4.90 Å². The van der Waals surface area contributed by atoms with Crippen molar-refractivity contribution in [2.75, 3.05) is 26.2 Å². The molecule has 0 unspecified atom stereocenters. The van der Waals surface area contributed by atoms with Crippen LogP contribution in [0.1, 0.15) is 46.0 Å². The Kier molecular flexibility index (Phi) is 8.48. The molecule has 6 heteroatoms. The Balaban J connectivity index is 1.95. The number of unbranched alkanes of at least 4 members (excludes halogenated alkanes) is 3. The molecule has 0 aliphatic carbocycles. The van der Waals surface area contributed by atoms with Gasteiger partial charge in [-0.2, -0.15) is 0 Å². The monoisotopic (exact) mass is 377 g/mol. The molecule has 1 heterocycles. The molecule has 144 valence electrons. The first kappa shape index (κ1) is 20.8. The predicted molar refractivity (Wildman–Crippen MR) is 108 cm³/mol. The first-order valence-corrected chi connectivity index (χ1v) is 11.1. The molecule has 1 aromatic heterocycles. The molecule has 5 nitrogen and oxygen atoms in total. The van der Waals surface area contributed by atoms with E-state index in [0.717, 1.165) is 31.4 Å². The van der Waals surface area contributed by atoms with E-state index in [4.69, 9.17) is 0 Å². The number of sulfonamides is 1. The van der Waals surface area contributed by atoms with Crippen LogP contribution in [0, 0.1) is 0 Å². The summed E-state index contributed by atoms with van der Waals surface area (Å²) in [7, 11) is -3.53. The van der Waals surface area contributed by atoms with Gasteiger partial charge in [0, 0.05) is 36.3 Å². The minimum atomic E-state index is -3.53. The Morgan fingerprint density at radius 2 is 1.85 bits per heavy atom. The minimum absolute atomic E-state index is 0.322. The summed E-state index contributed by atoms with van der Waals surface area (Å²) in [6, 6.07) is 7.04. The van der Waals surface area contributed by atoms with Gasteiger partial charge in [0.2, 0.25) is 10.0 Å². The summed E-state index contributed by atoms with van der Waals surface area (Å²) in [5.74, 6) is 0. The van der Waals surface area contributed by atoms with Gasteiger partial charge >= 0.3 is 0 Å². The Hall–Kier alpha value is -1.50. The van der Waals surface area contributed by atoms with Gasteiger partial charge in [-0.15, -0.1) is 0 Å². The summed E-state index contributed by atoms with van der Waals surface area (Å²) in [4.78, 5) is 6.74. The third-order valence-electron chi connectivity index (χ3n) is 4.52. The van der Waals surface area contributed by atoms with Crippen molar-refractivity contribution in [2.24, 2.45) is 0 Å². The average Bonchev–Trinajstić information content (AvgIpc) is 2.64. The molecule has 0 bridgehead atoms. The third kappa shape index (κ3) is 6.04. The summed E-state index contributed by atoms with van der Waals surface area (Å²) in [6.45, 7) is 7.59. The molecule has 0 fully saturated rings. The fraction of sp³-hybridized carbons (Fsp3) is 0.550. The SMILES string of the molecule is CCCCCCN(CCC)CCNS(=O)(=O)c1cccc2cnccc12. The van der Waals surface area contributed by atoms with Gasteiger partial charge < -0.3 is 4.90 Å². The highest BCUT2D eigenvalue weighted by atomic mass is 32.2. The molecule has 1 aromatic carbocycles. The highest BCUT2D eigenvalue weighted by Crippen LogP contribution is 2.21. The van der Waals surface area contributed by atoms with Crippen LogP contribution < -0.4 is 4.72 Å². The van der Waals surface area contributed by atoms with Crippen LogP contribution in [-0.2, 0) is 10.0 Å². The number of hydrogen-bond acceptors (Lipinski definition) is 4. The zero-order valence-corrected chi connectivity index (χ0v) is 16.8. The Bertz CT molecular complexity index is 772. The van der Waals surface area contributed by atoms with Crippen molar-refractivity contribution in [1.29, 1.82) is 0 Å². The molecule has 2 aromatic rings. The van der Waals surface area contributed by atoms with Gasteiger partial charge in [-0.25, -0.2) is 13.1 Å². The second-order valence-corrected chi connectivity index (χ2v) is 8.39. The molecule has 1 N–H and O–H groups in total. The number of aromatic nitrogens is 1. The van der Waals surface area contributed by atoms with Crippen LogP contribution in [0.15, 0.2) is 41.6 Å². The van der Waals surface area contributed by atoms with E-state index in [1.165, 1.54) is 25.7 Å². The number of benzene rings is 1. The number of rotatable bonds is 12. The predicted octanol–water partition coefficient (Wildman–Crippen LogP) is 3.81. The maximum atomic E-state index is 12.7. The van der Waals surface area contributed by atoms with E-state index in [1.54, 1.807) is 30.6 Å². The number of hydrogen-bond donors (Lipinski definition) is 1. The maximum Gasteiger partial charge on any atom is 0.241 e. The van der Waals surface area contributed by atoms with Crippen LogP contribution in [0.5, 0.6) is 0 Å². The molecule has 0 spiro atoms. The van der Waals surface area contributed by atoms with Crippen molar-refractivity contribution < 1.29 is 8.42 Å². The maximum absolute atomic E-state index is 12.7. The lowest BCUT2D eigenvalue weighted by Gasteiger charge is -2.22. The van der Waals surface area contributed by atoms with Gasteiger partial charge in [0.25, 0.3) is 0 Å². The normalized spacial score (nSPS) is 12.1. The quantitative estimate of drug-likeness (QED) is 0.572. The Morgan fingerprint density at radius 3 is 2.62 bits per heavy atom. The molecular formula is C20H31N3O2S. The lowest BCUT2D eigenvalue weighted by Crippen LogP contribution is -2.36. The van der Waals surface area contributed by atoms with Gasteiger partial charge in [0.15, 0.2) is 0 Å². The molecule has 0 amide bonds. The highest BCUT2D eigenvalue weighted by molar-refractivity contribution is 7.89. The molecule has 0 atom stereocenters. The van der Waals surface area contributed by atoms with Crippen LogP contribution in [0.25, 0.3) is 10.8 Å². The number of pyridine rings is 1. The van der Waals surface area contributed by atoms with Gasteiger partial charge in [-0.05, 0) is 38.1 Å². The second kappa shape index (κ2) is 10.6. The summed E-state index contributed by atoms with van der Waals surface area (Å²) in [5.41, 5.74) is 0. The average molecular weight is 378 g/mol. The van der Waals surface area contributed by atoms with E-state index < -0.39 is 10.0 Å². The second-order valence-electron chi connectivity index (χ2n) is 6.65. The molecule has 0 aliphatic heterocycles. The molecule has 0 radical (unpaired) electrons. The summed E-state index contributed by atoms with van der Waals surface area (Å²) < 4.78 is 28.2. The van der Waals surface area contributed by atoms with Crippen LogP contribution >= 0.6 is 0 Å². The number of nitrogens with one attached hydrogen (secondary N) is 1. The van der Waals surface area contributed by atoms with Crippen LogP contribution in [-0.4, -0.2) is 44.5 Å². The fourth-order valence-electron chi connectivity index (χ4n) is 3.16. The standard InChI is InChI=1S/C20H31N3O2S/c1-3-5-6-7-15-23(14-4-2)16-13-22-26(24,25)20-10-8-9-18-17-21-12-11-19(18)20/h8-12,17,22H,3-7,13-16H2,1-2H3. The number of fused-ring (bicyclic) bond motifs is 1. The lowest BCUT2D eigenvalue weighted by molar-refractivity contribution is 0.272. The largest absolute Gasteiger partial charge is 0.302 e. The van der Waals surface area contributed by atoms with E-state index in [-0.39, 0.29) is 0 Å². The highest BCUT2D eigenvalue weighted by Gasteiger charge is 2.17. The Labute approximate surface area is 157 Å². The van der Waals surface area contributed by atoms with Crippen molar-refractivity contribution in [3.05, 3.63) is 36.7 Å². The zero-order valence-electron chi connectivity index (χ0n) is 15.9. The van der Waals surface area contributed by atoms with Gasteiger partial charge in [-0.3, -0.25) is 4.98 Å². The number of nitrogens with zero attached hydrogens (tertiary/aromatic N) is 2. The minimum Gasteiger partial charge on any atom is -0.302 e. The van der Waals surface area contributed by atoms with E-state index in [2.05, 4.69) is 28.5 Å². The smallest absolute Gasteiger partial charge is 0.241 e. The molecule has 2 rings (SSSR count). The van der Waals surface area contributed by atoms with Crippen molar-refractivity contribution in [3.8, 4) is 0 Å². The van der Waals surface area contributed by atoms with E-state index in [9.17, 15) is 8.42 Å². The summed E-state index contributed by atoms with van der Waals surface area (Å²) in [5, 5.41) is 1.54. The molecular weight excluding hydrogens is 346 g/mol. The molecule has 26 heavy (non-hydrogen) atoms. The summed E-state index contributed by atoms with van der Waals surface area (Å²) in [6.07, 6.45) is 9.31. The summed E-state index contributed by atoms with van der Waals surface area (Å²) >= 11 is 0. The zero-order chi connectivity index (χ0) is 18.8. The van der Waals surface area contributed by atoms with Crippen LogP contribution in [0.2, 0.25) is 0 Å². The topological polar surface area (TPSA) is 62.3 Å². The van der Waals surface area contributed by atoms with E-state index in [0.29, 0.717) is 16.8 Å². The van der Waals surface area contributed by atoms with E-state index >= 15 is 0 Å². The van der Waals surface area contributed by atoms with Crippen molar-refractivity contribution in [3.63, 3.8) is 0 Å². The van der Waals surface area contributed by atoms with Crippen LogP contribution in [0.4, 0.5) is 0 Å². The van der Waals surface area contributed by atoms with Crippen LogP contribution in [0.3, 0.4) is 0 Å². The Morgan fingerprint density at radius 1 is 1.00 bits per heavy atom. The van der Waals surface area contributed by atoms with Crippen molar-refractivity contribution in [1.82, 2.24) is 14.6 Å². The third-order valence-corrected chi connectivity index (χ3v) is 6.04. The van der Waals surface area contributed by atoms with E-state index in [1.807, 2.05) is 6.07 Å². The first-order chi connectivity index (χ1) is 12.6. The lowest BCUT2D eigenvalue weighted by atomic mass is 10.2. The van der Waals surface area contributed by atoms with Crippen molar-refractivity contribution in [2.45, 2.75) is 50.8 Å². The van der Waals surface area contributed by atoms with Crippen molar-refractivity contribution >= 4 is 20.8 Å².